The van der Waals surface area contributed by atoms with Crippen LogP contribution in [0.25, 0.3) is 0 Å². The highest BCUT2D eigenvalue weighted by molar-refractivity contribution is 5.98. The highest BCUT2D eigenvalue weighted by Gasteiger charge is 2.53. The Bertz CT molecular complexity index is 550. The van der Waals surface area contributed by atoms with Crippen LogP contribution in [0.3, 0.4) is 0 Å². The van der Waals surface area contributed by atoms with Gasteiger partial charge in [-0.05, 0) is 44.4 Å². The van der Waals surface area contributed by atoms with Crippen LogP contribution in [-0.2, 0) is 0 Å². The van der Waals surface area contributed by atoms with Gasteiger partial charge in [-0.25, -0.2) is 0 Å². The number of nitrogens with two attached hydrogens (primary N) is 1. The number of aryl methyl sites for hydroxylation is 1. The topological polar surface area (TPSA) is 44.9 Å². The van der Waals surface area contributed by atoms with Gasteiger partial charge in [0.25, 0.3) is 0 Å². The van der Waals surface area contributed by atoms with E-state index in [9.17, 15) is 0 Å². The second-order valence-electron chi connectivity index (χ2n) is 6.49. The van der Waals surface area contributed by atoms with E-state index in [1.54, 1.807) is 0 Å². The maximum absolute atomic E-state index is 6.25. The Balaban J connectivity index is 1.75. The summed E-state index contributed by atoms with van der Waals surface area (Å²) in [5.74, 6) is 1.40. The number of anilines is 1. The number of hydrogen-bond donors (Lipinski definition) is 1. The predicted molar refractivity (Wildman–Crippen MR) is 82.0 cm³/mol. The standard InChI is InChI=1S/C16H22N4/c1-12-2-4-14(5-3-12)20-15(17)18-11-16(20)7-9-19-8-6-13(16)10-19/h2-5,13H,6-11H2,1H3,(H2,17,18). The molecule has 0 aliphatic carbocycles. The fraction of sp³-hybridized carbons (Fsp3) is 0.562. The van der Waals surface area contributed by atoms with Crippen molar-refractivity contribution >= 4 is 11.6 Å². The van der Waals surface area contributed by atoms with Crippen LogP contribution >= 0.6 is 0 Å². The Hall–Kier alpha value is -1.55. The molecular formula is C16H22N4. The van der Waals surface area contributed by atoms with Crippen LogP contribution < -0.4 is 10.6 Å². The van der Waals surface area contributed by atoms with E-state index >= 15 is 0 Å². The molecule has 3 heterocycles. The summed E-state index contributed by atoms with van der Waals surface area (Å²) in [7, 11) is 0. The molecule has 1 aromatic carbocycles. The smallest absolute Gasteiger partial charge is 0.196 e. The highest BCUT2D eigenvalue weighted by Crippen LogP contribution is 2.44. The van der Waals surface area contributed by atoms with Gasteiger partial charge in [0.15, 0.2) is 5.96 Å². The highest BCUT2D eigenvalue weighted by atomic mass is 15.4. The van der Waals surface area contributed by atoms with Gasteiger partial charge >= 0.3 is 0 Å². The Morgan fingerprint density at radius 2 is 2.05 bits per heavy atom. The molecule has 4 nitrogen and oxygen atoms in total. The minimum absolute atomic E-state index is 0.131. The maximum atomic E-state index is 6.25. The number of nitrogens with zero attached hydrogens (tertiary/aromatic N) is 3. The first kappa shape index (κ1) is 12.2. The predicted octanol–water partition coefficient (Wildman–Crippen LogP) is 1.59. The molecule has 20 heavy (non-hydrogen) atoms. The molecule has 3 atom stereocenters. The van der Waals surface area contributed by atoms with Crippen molar-refractivity contribution in [3.05, 3.63) is 29.8 Å². The van der Waals surface area contributed by atoms with Crippen LogP contribution in [0.4, 0.5) is 5.69 Å². The lowest BCUT2D eigenvalue weighted by molar-refractivity contribution is 0.182. The van der Waals surface area contributed by atoms with E-state index in [0.29, 0.717) is 11.9 Å². The number of hydrogen-bond acceptors (Lipinski definition) is 4. The molecule has 3 unspecified atom stereocenters. The molecular weight excluding hydrogens is 248 g/mol. The second-order valence-corrected chi connectivity index (χ2v) is 6.49. The summed E-state index contributed by atoms with van der Waals surface area (Å²) in [6, 6.07) is 8.70. The van der Waals surface area contributed by atoms with Crippen LogP contribution in [-0.4, -0.2) is 42.6 Å². The molecule has 2 bridgehead atoms. The zero-order valence-corrected chi connectivity index (χ0v) is 12.0. The average Bonchev–Trinajstić information content (AvgIpc) is 3.00. The van der Waals surface area contributed by atoms with Crippen LogP contribution in [0, 0.1) is 12.8 Å². The second kappa shape index (κ2) is 4.22. The minimum atomic E-state index is 0.131. The number of fused-ring (bicyclic) bond motifs is 3. The van der Waals surface area contributed by atoms with E-state index in [2.05, 4.69) is 46.0 Å². The summed E-state index contributed by atoms with van der Waals surface area (Å²) >= 11 is 0. The Morgan fingerprint density at radius 1 is 1.25 bits per heavy atom. The number of piperidine rings is 1. The lowest BCUT2D eigenvalue weighted by atomic mass is 9.77. The monoisotopic (exact) mass is 270 g/mol. The molecule has 2 fully saturated rings. The van der Waals surface area contributed by atoms with Crippen LogP contribution in [0.2, 0.25) is 0 Å². The lowest BCUT2D eigenvalue weighted by Crippen LogP contribution is -2.60. The normalized spacial score (nSPS) is 35.6. The van der Waals surface area contributed by atoms with Gasteiger partial charge in [0, 0.05) is 18.8 Å². The van der Waals surface area contributed by atoms with Crippen molar-refractivity contribution in [1.82, 2.24) is 4.90 Å². The Labute approximate surface area is 120 Å². The summed E-state index contributed by atoms with van der Waals surface area (Å²) in [5, 5.41) is 0. The van der Waals surface area contributed by atoms with Crippen molar-refractivity contribution in [3.63, 3.8) is 0 Å². The molecule has 4 rings (SSSR count). The molecule has 106 valence electrons. The van der Waals surface area contributed by atoms with Crippen molar-refractivity contribution < 1.29 is 0 Å². The quantitative estimate of drug-likeness (QED) is 0.843. The van der Waals surface area contributed by atoms with Gasteiger partial charge in [-0.15, -0.1) is 0 Å². The summed E-state index contributed by atoms with van der Waals surface area (Å²) in [6.07, 6.45) is 2.46. The summed E-state index contributed by atoms with van der Waals surface area (Å²) in [6.45, 7) is 6.63. The van der Waals surface area contributed by atoms with Crippen molar-refractivity contribution in [2.45, 2.75) is 25.3 Å². The third kappa shape index (κ3) is 1.61. The van der Waals surface area contributed by atoms with E-state index in [4.69, 9.17) is 5.73 Å². The SMILES string of the molecule is Cc1ccc(N2C(N)=NCC23CCN2CCC3C2)cc1. The van der Waals surface area contributed by atoms with Crippen molar-refractivity contribution in [2.24, 2.45) is 16.6 Å². The Kier molecular flexibility index (Phi) is 2.58. The first-order valence-corrected chi connectivity index (χ1v) is 7.58. The molecule has 2 N–H and O–H groups in total. The fourth-order valence-electron chi connectivity index (χ4n) is 4.20. The van der Waals surface area contributed by atoms with Gasteiger partial charge in [-0.1, -0.05) is 17.7 Å². The third-order valence-corrected chi connectivity index (χ3v) is 5.37. The number of guanidine groups is 1. The maximum Gasteiger partial charge on any atom is 0.196 e. The van der Waals surface area contributed by atoms with Crippen LogP contribution in [0.15, 0.2) is 29.3 Å². The third-order valence-electron chi connectivity index (χ3n) is 5.37. The molecule has 0 saturated carbocycles. The molecule has 2 saturated heterocycles. The number of rotatable bonds is 1. The van der Waals surface area contributed by atoms with E-state index in [-0.39, 0.29) is 5.54 Å². The van der Waals surface area contributed by atoms with E-state index in [0.717, 1.165) is 6.54 Å². The molecule has 1 spiro atoms. The summed E-state index contributed by atoms with van der Waals surface area (Å²) < 4.78 is 0. The zero-order chi connectivity index (χ0) is 13.7. The number of aliphatic imine (C=N–C) groups is 1. The molecule has 0 amide bonds. The lowest BCUT2D eigenvalue weighted by Gasteiger charge is -2.46. The van der Waals surface area contributed by atoms with Crippen LogP contribution in [0.1, 0.15) is 18.4 Å². The molecule has 4 heteroatoms. The van der Waals surface area contributed by atoms with Crippen LogP contribution in [0.5, 0.6) is 0 Å². The van der Waals surface area contributed by atoms with Gasteiger partial charge in [0.05, 0.1) is 12.1 Å². The fourth-order valence-corrected chi connectivity index (χ4v) is 4.20. The van der Waals surface area contributed by atoms with E-state index in [1.807, 2.05) is 0 Å². The van der Waals surface area contributed by atoms with E-state index < -0.39 is 0 Å². The summed E-state index contributed by atoms with van der Waals surface area (Å²) in [4.78, 5) is 9.53. The molecule has 0 radical (unpaired) electrons. The van der Waals surface area contributed by atoms with Crippen molar-refractivity contribution in [1.29, 1.82) is 0 Å². The average molecular weight is 270 g/mol. The first-order valence-electron chi connectivity index (χ1n) is 7.58. The zero-order valence-electron chi connectivity index (χ0n) is 12.0. The van der Waals surface area contributed by atoms with Crippen molar-refractivity contribution in [3.8, 4) is 0 Å². The number of benzene rings is 1. The molecule has 1 aromatic rings. The van der Waals surface area contributed by atoms with Gasteiger partial charge in [0.1, 0.15) is 0 Å². The summed E-state index contributed by atoms with van der Waals surface area (Å²) in [5.41, 5.74) is 8.87. The molecule has 3 aliphatic heterocycles. The molecule has 3 aliphatic rings. The van der Waals surface area contributed by atoms with Gasteiger partial charge in [0.2, 0.25) is 0 Å². The largest absolute Gasteiger partial charge is 0.369 e. The van der Waals surface area contributed by atoms with Gasteiger partial charge in [-0.2, -0.15) is 0 Å². The van der Waals surface area contributed by atoms with Gasteiger partial charge in [-0.3, -0.25) is 4.99 Å². The minimum Gasteiger partial charge on any atom is -0.369 e. The van der Waals surface area contributed by atoms with Gasteiger partial charge < -0.3 is 15.5 Å². The van der Waals surface area contributed by atoms with E-state index in [1.165, 1.54) is 43.7 Å². The first-order chi connectivity index (χ1) is 9.69. The van der Waals surface area contributed by atoms with Crippen molar-refractivity contribution in [2.75, 3.05) is 31.1 Å². The molecule has 0 aromatic heterocycles. The Morgan fingerprint density at radius 3 is 2.85 bits per heavy atom.